The van der Waals surface area contributed by atoms with E-state index < -0.39 is 11.0 Å². The molecule has 3 nitrogen and oxygen atoms in total. The van der Waals surface area contributed by atoms with Gasteiger partial charge in [-0.15, -0.1) is 0 Å². The molecule has 0 bridgehead atoms. The largest absolute Gasteiger partial charge is 0.381 e. The third-order valence-corrected chi connectivity index (χ3v) is 8.05. The van der Waals surface area contributed by atoms with Crippen LogP contribution in [0.1, 0.15) is 59.3 Å². The molecule has 134 valence electrons. The maximum atomic E-state index is 12.2. The van der Waals surface area contributed by atoms with E-state index in [4.69, 9.17) is 0 Å². The van der Waals surface area contributed by atoms with Crippen LogP contribution in [-0.2, 0) is 9.59 Å². The van der Waals surface area contributed by atoms with Crippen molar-refractivity contribution in [2.75, 3.05) is 0 Å². The van der Waals surface area contributed by atoms with Crippen LogP contribution in [0.15, 0.2) is 35.5 Å². The topological polar surface area (TPSA) is 54.4 Å². The molecule has 4 aliphatic rings. The monoisotopic (exact) mass is 340 g/mol. The molecule has 0 aromatic carbocycles. The molecule has 4 rings (SSSR count). The van der Waals surface area contributed by atoms with Crippen molar-refractivity contribution in [2.24, 2.45) is 22.7 Å². The molecule has 0 amide bonds. The molecule has 0 aromatic rings. The van der Waals surface area contributed by atoms with Gasteiger partial charge in [0.1, 0.15) is 5.60 Å². The number of rotatable bonds is 1. The van der Waals surface area contributed by atoms with Crippen molar-refractivity contribution in [2.45, 2.75) is 64.9 Å². The predicted molar refractivity (Wildman–Crippen MR) is 96.8 cm³/mol. The number of ketones is 2. The molecule has 25 heavy (non-hydrogen) atoms. The summed E-state index contributed by atoms with van der Waals surface area (Å²) in [6.07, 6.45) is 8.57. The lowest BCUT2D eigenvalue weighted by molar-refractivity contribution is -0.150. The van der Waals surface area contributed by atoms with Crippen molar-refractivity contribution in [3.8, 4) is 0 Å². The number of allylic oxidation sites excluding steroid dienone is 5. The van der Waals surface area contributed by atoms with Crippen LogP contribution in [-0.4, -0.2) is 22.3 Å². The Kier molecular flexibility index (Phi) is 3.41. The van der Waals surface area contributed by atoms with Crippen LogP contribution >= 0.6 is 0 Å². The van der Waals surface area contributed by atoms with Crippen LogP contribution < -0.4 is 0 Å². The number of hydrogen-bond donors (Lipinski definition) is 1. The first-order valence-electron chi connectivity index (χ1n) is 9.50. The smallest absolute Gasteiger partial charge is 0.161 e. The number of aliphatic hydroxyl groups is 1. The van der Waals surface area contributed by atoms with E-state index in [0.29, 0.717) is 24.7 Å². The molecule has 2 saturated carbocycles. The Morgan fingerprint density at radius 3 is 2.72 bits per heavy atom. The molecule has 0 aromatic heterocycles. The molecular formula is C22H28O3. The highest BCUT2D eigenvalue weighted by Gasteiger charge is 2.63. The van der Waals surface area contributed by atoms with E-state index in [9.17, 15) is 14.7 Å². The molecule has 3 heteroatoms. The molecule has 1 N–H and O–H groups in total. The number of fused-ring (bicyclic) bond motifs is 5. The maximum absolute atomic E-state index is 12.2. The van der Waals surface area contributed by atoms with Crippen molar-refractivity contribution in [1.29, 1.82) is 0 Å². The summed E-state index contributed by atoms with van der Waals surface area (Å²) in [6.45, 7) is 10.2. The standard InChI is InChI=1S/C22H28O3/c1-13-11-16-17(20(3)8-5-15(24)12-19(13)20)6-9-21(4)18(16)7-10-22(21,25)14(2)23/h6,12,16,18,25H,1,5,7-11H2,2-4H3. The van der Waals surface area contributed by atoms with Crippen LogP contribution in [0.2, 0.25) is 0 Å². The molecule has 4 aliphatic carbocycles. The zero-order valence-electron chi connectivity index (χ0n) is 15.5. The van der Waals surface area contributed by atoms with Crippen molar-refractivity contribution in [3.05, 3.63) is 35.5 Å². The number of Topliss-reactive ketones (excluding diaryl/α,β-unsaturated/α-hetero) is 1. The second kappa shape index (κ2) is 5.03. The summed E-state index contributed by atoms with van der Waals surface area (Å²) in [6, 6.07) is 0. The third-order valence-electron chi connectivity index (χ3n) is 8.05. The maximum Gasteiger partial charge on any atom is 0.161 e. The molecule has 0 spiro atoms. The lowest BCUT2D eigenvalue weighted by atomic mass is 9.50. The van der Waals surface area contributed by atoms with Gasteiger partial charge in [-0.25, -0.2) is 0 Å². The van der Waals surface area contributed by atoms with Gasteiger partial charge in [-0.05, 0) is 62.5 Å². The van der Waals surface area contributed by atoms with Gasteiger partial charge in [0.15, 0.2) is 11.6 Å². The van der Waals surface area contributed by atoms with Gasteiger partial charge in [-0.3, -0.25) is 9.59 Å². The van der Waals surface area contributed by atoms with Crippen molar-refractivity contribution in [1.82, 2.24) is 0 Å². The summed E-state index contributed by atoms with van der Waals surface area (Å²) in [5.41, 5.74) is 1.91. The van der Waals surface area contributed by atoms with Gasteiger partial charge in [-0.1, -0.05) is 37.6 Å². The second-order valence-corrected chi connectivity index (χ2v) is 9.11. The quantitative estimate of drug-likeness (QED) is 0.736. The normalized spacial score (nSPS) is 45.9. The zero-order valence-corrected chi connectivity index (χ0v) is 15.5. The van der Waals surface area contributed by atoms with Gasteiger partial charge in [0.2, 0.25) is 0 Å². The van der Waals surface area contributed by atoms with Crippen LogP contribution in [0.3, 0.4) is 0 Å². The molecule has 5 atom stereocenters. The van der Waals surface area contributed by atoms with E-state index in [1.54, 1.807) is 0 Å². The first-order chi connectivity index (χ1) is 11.6. The first-order valence-corrected chi connectivity index (χ1v) is 9.50. The number of carbonyl (C=O) groups is 2. The fourth-order valence-corrected chi connectivity index (χ4v) is 6.46. The van der Waals surface area contributed by atoms with E-state index >= 15 is 0 Å². The van der Waals surface area contributed by atoms with Gasteiger partial charge in [0, 0.05) is 17.3 Å². The minimum atomic E-state index is -1.21. The number of carbonyl (C=O) groups excluding carboxylic acids is 2. The average molecular weight is 340 g/mol. The summed E-state index contributed by atoms with van der Waals surface area (Å²) < 4.78 is 0. The Morgan fingerprint density at radius 2 is 2.04 bits per heavy atom. The highest BCUT2D eigenvalue weighted by atomic mass is 16.3. The highest BCUT2D eigenvalue weighted by molar-refractivity contribution is 5.93. The molecule has 5 unspecified atom stereocenters. The zero-order chi connectivity index (χ0) is 18.2. The predicted octanol–water partition coefficient (Wildman–Crippen LogP) is 3.92. The van der Waals surface area contributed by atoms with Gasteiger partial charge in [-0.2, -0.15) is 0 Å². The van der Waals surface area contributed by atoms with Gasteiger partial charge in [0.25, 0.3) is 0 Å². The molecule has 0 heterocycles. The fraction of sp³-hybridized carbons (Fsp3) is 0.636. The molecular weight excluding hydrogens is 312 g/mol. The van der Waals surface area contributed by atoms with Gasteiger partial charge < -0.3 is 5.11 Å². The molecule has 0 radical (unpaired) electrons. The minimum absolute atomic E-state index is 0.0981. The Balaban J connectivity index is 1.82. The Morgan fingerprint density at radius 1 is 1.32 bits per heavy atom. The lowest BCUT2D eigenvalue weighted by Crippen LogP contribution is -2.54. The van der Waals surface area contributed by atoms with E-state index in [0.717, 1.165) is 36.8 Å². The Hall–Kier alpha value is -1.48. The van der Waals surface area contributed by atoms with Crippen molar-refractivity contribution in [3.63, 3.8) is 0 Å². The van der Waals surface area contributed by atoms with Gasteiger partial charge in [0.05, 0.1) is 0 Å². The first kappa shape index (κ1) is 17.0. The molecule has 0 saturated heterocycles. The summed E-state index contributed by atoms with van der Waals surface area (Å²) in [5, 5.41) is 11.2. The second-order valence-electron chi connectivity index (χ2n) is 9.11. The number of hydrogen-bond acceptors (Lipinski definition) is 3. The molecule has 0 aliphatic heterocycles. The van der Waals surface area contributed by atoms with Crippen LogP contribution in [0.25, 0.3) is 0 Å². The van der Waals surface area contributed by atoms with Crippen LogP contribution in [0.4, 0.5) is 0 Å². The SMILES string of the molecule is C=C1CC2C(=CCC3(C)C2CCC3(O)C(C)=O)C2(C)CCC(=O)C=C12. The van der Waals surface area contributed by atoms with Crippen LogP contribution in [0.5, 0.6) is 0 Å². The summed E-state index contributed by atoms with van der Waals surface area (Å²) in [7, 11) is 0. The summed E-state index contributed by atoms with van der Waals surface area (Å²) in [5.74, 6) is 0.739. The van der Waals surface area contributed by atoms with E-state index in [1.165, 1.54) is 12.5 Å². The van der Waals surface area contributed by atoms with Crippen LogP contribution in [0, 0.1) is 22.7 Å². The highest BCUT2D eigenvalue weighted by Crippen LogP contribution is 2.66. The van der Waals surface area contributed by atoms with E-state index in [-0.39, 0.29) is 17.0 Å². The minimum Gasteiger partial charge on any atom is -0.381 e. The van der Waals surface area contributed by atoms with E-state index in [1.807, 2.05) is 6.08 Å². The Labute approximate surface area is 149 Å². The summed E-state index contributed by atoms with van der Waals surface area (Å²) >= 11 is 0. The van der Waals surface area contributed by atoms with Gasteiger partial charge >= 0.3 is 0 Å². The van der Waals surface area contributed by atoms with E-state index in [2.05, 4.69) is 26.5 Å². The fourth-order valence-electron chi connectivity index (χ4n) is 6.46. The van der Waals surface area contributed by atoms with Crippen molar-refractivity contribution >= 4 is 11.6 Å². The van der Waals surface area contributed by atoms with Crippen molar-refractivity contribution < 1.29 is 14.7 Å². The lowest BCUT2D eigenvalue weighted by Gasteiger charge is -2.54. The molecule has 2 fully saturated rings. The Bertz CT molecular complexity index is 757. The average Bonchev–Trinajstić information content (AvgIpc) is 2.83. The third kappa shape index (κ3) is 1.96. The summed E-state index contributed by atoms with van der Waals surface area (Å²) in [4.78, 5) is 24.2.